The molecule has 3 aromatic rings. The van der Waals surface area contributed by atoms with Crippen LogP contribution in [0, 0.1) is 11.8 Å². The van der Waals surface area contributed by atoms with E-state index >= 15 is 0 Å². The number of pyridine rings is 1. The van der Waals surface area contributed by atoms with Gasteiger partial charge in [-0.05, 0) is 105 Å². The summed E-state index contributed by atoms with van der Waals surface area (Å²) >= 11 is 1.89. The minimum Gasteiger partial charge on any atom is -0.497 e. The quantitative estimate of drug-likeness (QED) is 0.209. The zero-order valence-corrected chi connectivity index (χ0v) is 22.4. The fourth-order valence-electron chi connectivity index (χ4n) is 5.46. The molecule has 37 heavy (non-hydrogen) atoms. The third kappa shape index (κ3) is 7.94. The van der Waals surface area contributed by atoms with Crippen LogP contribution in [0.25, 0.3) is 10.9 Å². The molecule has 0 radical (unpaired) electrons. The number of carboxylic acid groups (broad SMARTS) is 1. The van der Waals surface area contributed by atoms with E-state index in [4.69, 9.17) is 4.74 Å². The second-order valence-electron chi connectivity index (χ2n) is 9.93. The fourth-order valence-corrected chi connectivity index (χ4v) is 6.32. The lowest BCUT2D eigenvalue weighted by Crippen LogP contribution is -2.41. The minimum atomic E-state index is -0.729. The summed E-state index contributed by atoms with van der Waals surface area (Å²) in [4.78, 5) is 19.6. The van der Waals surface area contributed by atoms with Crippen molar-refractivity contribution in [2.24, 2.45) is 11.8 Å². The van der Waals surface area contributed by atoms with Gasteiger partial charge in [0.2, 0.25) is 0 Å². The Bertz CT molecular complexity index is 1140. The van der Waals surface area contributed by atoms with E-state index in [9.17, 15) is 15.0 Å². The van der Waals surface area contributed by atoms with E-state index in [-0.39, 0.29) is 6.42 Å². The molecule has 0 aliphatic carbocycles. The Morgan fingerprint density at radius 2 is 2.00 bits per heavy atom. The van der Waals surface area contributed by atoms with Crippen LogP contribution in [0.4, 0.5) is 0 Å². The van der Waals surface area contributed by atoms with Crippen molar-refractivity contribution in [3.05, 3.63) is 66.4 Å². The molecule has 0 bridgehead atoms. The summed E-state index contributed by atoms with van der Waals surface area (Å²) in [6.45, 7) is 3.03. The lowest BCUT2D eigenvalue weighted by atomic mass is 9.79. The predicted molar refractivity (Wildman–Crippen MR) is 149 cm³/mol. The van der Waals surface area contributed by atoms with Crippen molar-refractivity contribution in [3.63, 3.8) is 0 Å². The van der Waals surface area contributed by atoms with Crippen LogP contribution in [0.2, 0.25) is 0 Å². The van der Waals surface area contributed by atoms with E-state index in [1.54, 1.807) is 13.3 Å². The van der Waals surface area contributed by atoms with Gasteiger partial charge in [-0.3, -0.25) is 9.78 Å². The molecule has 2 unspecified atom stereocenters. The van der Waals surface area contributed by atoms with Gasteiger partial charge in [0.25, 0.3) is 0 Å². The molecular weight excluding hydrogens is 484 g/mol. The molecule has 7 heteroatoms. The smallest absolute Gasteiger partial charge is 0.303 e. The number of thioether (sulfide) groups is 1. The highest BCUT2D eigenvalue weighted by molar-refractivity contribution is 7.99. The first-order valence-electron chi connectivity index (χ1n) is 13.3. The SMILES string of the molecule is COc1ccc2nccc([C@@H](O)CCC3CCN(CCCSc4ccccc4)CC3CCC(=O)O)c2c1. The first-order valence-corrected chi connectivity index (χ1v) is 14.2. The largest absolute Gasteiger partial charge is 0.497 e. The zero-order chi connectivity index (χ0) is 26.0. The monoisotopic (exact) mass is 522 g/mol. The number of methoxy groups -OCH3 is 1. The van der Waals surface area contributed by atoms with Gasteiger partial charge in [-0.15, -0.1) is 11.8 Å². The Morgan fingerprint density at radius 1 is 1.16 bits per heavy atom. The Kier molecular flexibility index (Phi) is 10.2. The molecule has 6 nitrogen and oxygen atoms in total. The summed E-state index contributed by atoms with van der Waals surface area (Å²) in [6.07, 6.45) is 5.76. The highest BCUT2D eigenvalue weighted by atomic mass is 32.2. The summed E-state index contributed by atoms with van der Waals surface area (Å²) in [5.41, 5.74) is 1.72. The van der Waals surface area contributed by atoms with Crippen molar-refractivity contribution in [1.29, 1.82) is 0 Å². The Hall–Kier alpha value is -2.61. The average Bonchev–Trinajstić information content (AvgIpc) is 2.93. The number of aliphatic hydroxyl groups is 1. The molecule has 0 amide bonds. The van der Waals surface area contributed by atoms with E-state index in [0.717, 1.165) is 66.9 Å². The van der Waals surface area contributed by atoms with E-state index in [2.05, 4.69) is 34.1 Å². The molecule has 2 N–H and O–H groups in total. The summed E-state index contributed by atoms with van der Waals surface area (Å²) in [6, 6.07) is 18.1. The van der Waals surface area contributed by atoms with Crippen molar-refractivity contribution in [1.82, 2.24) is 9.88 Å². The van der Waals surface area contributed by atoms with Gasteiger partial charge < -0.3 is 19.8 Å². The summed E-state index contributed by atoms with van der Waals surface area (Å²) in [5, 5.41) is 21.4. The van der Waals surface area contributed by atoms with Crippen LogP contribution in [0.3, 0.4) is 0 Å². The third-order valence-electron chi connectivity index (χ3n) is 7.49. The first-order chi connectivity index (χ1) is 18.0. The summed E-state index contributed by atoms with van der Waals surface area (Å²) in [7, 11) is 1.64. The number of hydrogen-bond acceptors (Lipinski definition) is 6. The molecule has 2 aromatic carbocycles. The average molecular weight is 523 g/mol. The fraction of sp³-hybridized carbons (Fsp3) is 0.467. The normalized spacial score (nSPS) is 19.1. The van der Waals surface area contributed by atoms with Gasteiger partial charge >= 0.3 is 5.97 Å². The van der Waals surface area contributed by atoms with Crippen molar-refractivity contribution in [3.8, 4) is 5.75 Å². The lowest BCUT2D eigenvalue weighted by Gasteiger charge is -2.39. The van der Waals surface area contributed by atoms with Gasteiger partial charge in [-0.2, -0.15) is 0 Å². The first kappa shape index (κ1) is 27.4. The topological polar surface area (TPSA) is 82.9 Å². The second-order valence-corrected chi connectivity index (χ2v) is 11.1. The van der Waals surface area contributed by atoms with Crippen molar-refractivity contribution in [2.75, 3.05) is 32.5 Å². The van der Waals surface area contributed by atoms with Crippen LogP contribution in [-0.4, -0.2) is 58.6 Å². The predicted octanol–water partition coefficient (Wildman–Crippen LogP) is 6.04. The van der Waals surface area contributed by atoms with Crippen LogP contribution in [0.1, 0.15) is 50.2 Å². The van der Waals surface area contributed by atoms with Gasteiger partial charge in [0.15, 0.2) is 0 Å². The molecule has 1 aromatic heterocycles. The van der Waals surface area contributed by atoms with Crippen molar-refractivity contribution >= 4 is 28.6 Å². The number of rotatable bonds is 13. The van der Waals surface area contributed by atoms with Gasteiger partial charge in [-0.1, -0.05) is 18.2 Å². The molecule has 2 heterocycles. The van der Waals surface area contributed by atoms with E-state index in [1.807, 2.05) is 42.1 Å². The van der Waals surface area contributed by atoms with Crippen LogP contribution >= 0.6 is 11.8 Å². The minimum absolute atomic E-state index is 0.205. The lowest BCUT2D eigenvalue weighted by molar-refractivity contribution is -0.137. The molecule has 1 aliphatic rings. The summed E-state index contributed by atoms with van der Waals surface area (Å²) in [5.74, 6) is 1.87. The Morgan fingerprint density at radius 3 is 2.78 bits per heavy atom. The number of ether oxygens (including phenoxy) is 1. The molecule has 198 valence electrons. The number of carbonyl (C=O) groups is 1. The Labute approximate surface area is 224 Å². The van der Waals surface area contributed by atoms with Gasteiger partial charge in [0, 0.05) is 29.4 Å². The van der Waals surface area contributed by atoms with Crippen LogP contribution in [0.5, 0.6) is 5.75 Å². The second kappa shape index (κ2) is 13.8. The van der Waals surface area contributed by atoms with Crippen molar-refractivity contribution < 1.29 is 19.7 Å². The molecule has 1 saturated heterocycles. The van der Waals surface area contributed by atoms with E-state index < -0.39 is 12.1 Å². The number of piperidine rings is 1. The van der Waals surface area contributed by atoms with Crippen LogP contribution in [-0.2, 0) is 4.79 Å². The number of carboxylic acids is 1. The number of aliphatic carboxylic acids is 1. The van der Waals surface area contributed by atoms with Gasteiger partial charge in [0.05, 0.1) is 18.7 Å². The molecule has 1 fully saturated rings. The molecular formula is C30H38N2O4S. The molecule has 1 aliphatic heterocycles. The number of nitrogens with zero attached hydrogens (tertiary/aromatic N) is 2. The van der Waals surface area contributed by atoms with Gasteiger partial charge in [0.1, 0.15) is 5.75 Å². The molecule has 3 atom stereocenters. The maximum Gasteiger partial charge on any atom is 0.303 e. The third-order valence-corrected chi connectivity index (χ3v) is 8.59. The Balaban J connectivity index is 1.32. The molecule has 0 saturated carbocycles. The number of benzene rings is 2. The van der Waals surface area contributed by atoms with Crippen molar-refractivity contribution in [2.45, 2.75) is 49.5 Å². The summed E-state index contributed by atoms with van der Waals surface area (Å²) < 4.78 is 5.38. The number of likely N-dealkylation sites (tertiary alicyclic amines) is 1. The van der Waals surface area contributed by atoms with Crippen LogP contribution < -0.4 is 4.74 Å². The number of aliphatic hydroxyl groups excluding tert-OH is 1. The maximum absolute atomic E-state index is 11.3. The number of aromatic nitrogens is 1. The number of fused-ring (bicyclic) bond motifs is 1. The van der Waals surface area contributed by atoms with Gasteiger partial charge in [-0.25, -0.2) is 0 Å². The zero-order valence-electron chi connectivity index (χ0n) is 21.6. The van der Waals surface area contributed by atoms with E-state index in [1.165, 1.54) is 4.90 Å². The molecule has 4 rings (SSSR count). The number of hydrogen-bond donors (Lipinski definition) is 2. The van der Waals surface area contributed by atoms with E-state index in [0.29, 0.717) is 24.7 Å². The maximum atomic E-state index is 11.3. The van der Waals surface area contributed by atoms with Crippen LogP contribution in [0.15, 0.2) is 65.7 Å². The molecule has 0 spiro atoms. The highest BCUT2D eigenvalue weighted by Crippen LogP contribution is 2.35. The standard InChI is InChI=1S/C30H38N2O4S/c1-36-24-10-11-28-27(20-24)26(14-16-31-28)29(33)12-8-22-15-18-32(21-23(22)9-13-30(34)35)17-5-19-37-25-6-3-2-4-7-25/h2-4,6-7,10-11,14,16,20,22-23,29,33H,5,8-9,12-13,15,17-19,21H2,1H3,(H,34,35)/t22?,23?,29-/m0/s1. The highest BCUT2D eigenvalue weighted by Gasteiger charge is 2.30.